The predicted molar refractivity (Wildman–Crippen MR) is 229 cm³/mol. The van der Waals surface area contributed by atoms with Gasteiger partial charge in [0.05, 0.1) is 51.5 Å². The van der Waals surface area contributed by atoms with Gasteiger partial charge in [0.1, 0.15) is 5.75 Å². The fourth-order valence-corrected chi connectivity index (χ4v) is 13.7. The van der Waals surface area contributed by atoms with E-state index in [-0.39, 0.29) is 55.1 Å². The van der Waals surface area contributed by atoms with Crippen LogP contribution in [0.3, 0.4) is 0 Å². The van der Waals surface area contributed by atoms with Crippen molar-refractivity contribution >= 4 is 48.0 Å². The summed E-state index contributed by atoms with van der Waals surface area (Å²) in [5.41, 5.74) is 1.43. The molecule has 0 saturated carbocycles. The molecule has 2 fully saturated rings. The fraction of sp³-hybridized carbons (Fsp3) is 0.413. The Morgan fingerprint density at radius 1 is 0.966 bits per heavy atom. The third-order valence-corrected chi connectivity index (χ3v) is 17.1. The van der Waals surface area contributed by atoms with Gasteiger partial charge in [-0.25, -0.2) is 0 Å². The van der Waals surface area contributed by atoms with Gasteiger partial charge in [-0.05, 0) is 59.8 Å². The molecule has 1 spiro atoms. The number of fused-ring (bicyclic) bond motifs is 2. The molecule has 3 amide bonds. The summed E-state index contributed by atoms with van der Waals surface area (Å²) in [4.78, 5) is 59.7. The lowest BCUT2D eigenvalue weighted by atomic mass is 9.82. The van der Waals surface area contributed by atoms with E-state index in [9.17, 15) is 24.8 Å². The van der Waals surface area contributed by atoms with Crippen LogP contribution in [0, 0.1) is 16.0 Å². The average molecular weight is 819 g/mol. The number of methoxy groups -OCH3 is 1. The minimum absolute atomic E-state index is 0.0512. The summed E-state index contributed by atoms with van der Waals surface area (Å²) >= 11 is 0. The van der Waals surface area contributed by atoms with E-state index >= 15 is 4.79 Å². The minimum atomic E-state index is -2.65. The summed E-state index contributed by atoms with van der Waals surface area (Å²) < 4.78 is 12.6. The maximum atomic E-state index is 15.4. The summed E-state index contributed by atoms with van der Waals surface area (Å²) in [5, 5.41) is 23.4. The summed E-state index contributed by atoms with van der Waals surface area (Å²) in [6, 6.07) is 29.7. The van der Waals surface area contributed by atoms with Gasteiger partial charge >= 0.3 is 0 Å². The van der Waals surface area contributed by atoms with Crippen molar-refractivity contribution < 1.29 is 33.9 Å². The lowest BCUT2D eigenvalue weighted by Gasteiger charge is -2.37. The first-order chi connectivity index (χ1) is 28.4. The van der Waals surface area contributed by atoms with Crippen molar-refractivity contribution in [2.75, 3.05) is 36.6 Å². The van der Waals surface area contributed by atoms with E-state index in [1.54, 1.807) is 23.0 Å². The highest BCUT2D eigenvalue weighted by atomic mass is 28.3. The molecule has 2 saturated heterocycles. The molecule has 4 aromatic rings. The third-order valence-electron chi connectivity index (χ3n) is 12.8. The van der Waals surface area contributed by atoms with Crippen LogP contribution in [0.5, 0.6) is 5.75 Å². The number of ether oxygens (including phenoxy) is 2. The third kappa shape index (κ3) is 8.15. The van der Waals surface area contributed by atoms with Crippen LogP contribution in [0.1, 0.15) is 62.1 Å². The lowest BCUT2D eigenvalue weighted by Crippen LogP contribution is -2.52. The molecule has 7 rings (SSSR count). The Morgan fingerprint density at radius 3 is 2.36 bits per heavy atom. The van der Waals surface area contributed by atoms with E-state index < -0.39 is 30.6 Å². The molecule has 0 radical (unpaired) electrons. The Balaban J connectivity index is 1.27. The van der Waals surface area contributed by atoms with E-state index in [1.807, 2.05) is 90.7 Å². The standard InChI is InChI=1S/C46H54N4O8Si/c1-32-44(59(3,4)38-22-20-37(57-2)21-23-38)41(29-43(53)47(26-27-51)30-33-12-8-7-9-13-33)58-46(32)39-28-36(50(55)56)19-24-40(39)49(45(46)54)31-34-15-17-35(18-16-34)48-25-11-6-5-10-14-42(48)52/h7-9,12-13,15-24,28,32,41,44,51H,5-6,10-11,14,25-27,29-31H2,1-4H3/t32-,41+,44-,46+/m1/s1. The molecule has 0 aliphatic carbocycles. The van der Waals surface area contributed by atoms with E-state index in [0.29, 0.717) is 36.5 Å². The molecular formula is C46H54N4O8Si. The summed E-state index contributed by atoms with van der Waals surface area (Å²) in [6.45, 7) is 7.45. The normalized spacial score (nSPS) is 21.9. The van der Waals surface area contributed by atoms with Gasteiger partial charge in [0, 0.05) is 55.4 Å². The Morgan fingerprint density at radius 2 is 1.68 bits per heavy atom. The minimum Gasteiger partial charge on any atom is -0.497 e. The van der Waals surface area contributed by atoms with Crippen LogP contribution in [0.15, 0.2) is 97.1 Å². The zero-order chi connectivity index (χ0) is 41.9. The first-order valence-electron chi connectivity index (χ1n) is 20.6. The Kier molecular flexibility index (Phi) is 12.4. The summed E-state index contributed by atoms with van der Waals surface area (Å²) in [6.07, 6.45) is 3.71. The highest BCUT2D eigenvalue weighted by Crippen LogP contribution is 2.60. The Hall–Kier alpha value is -5.37. The highest BCUT2D eigenvalue weighted by molar-refractivity contribution is 6.91. The molecule has 1 N–H and O–H groups in total. The number of aliphatic hydroxyl groups excluding tert-OH is 1. The van der Waals surface area contributed by atoms with E-state index in [4.69, 9.17) is 9.47 Å². The van der Waals surface area contributed by atoms with Gasteiger partial charge in [0.2, 0.25) is 11.8 Å². The zero-order valence-corrected chi connectivity index (χ0v) is 35.3. The van der Waals surface area contributed by atoms with Crippen LogP contribution in [0.4, 0.5) is 17.1 Å². The van der Waals surface area contributed by atoms with Crippen LogP contribution in [0.25, 0.3) is 0 Å². The molecule has 310 valence electrons. The van der Waals surface area contributed by atoms with Crippen LogP contribution < -0.4 is 19.7 Å². The molecule has 0 aromatic heterocycles. The topological polar surface area (TPSA) is 143 Å². The van der Waals surface area contributed by atoms with Crippen molar-refractivity contribution in [1.82, 2.24) is 4.90 Å². The number of aliphatic hydroxyl groups is 1. The fourth-order valence-electron chi connectivity index (χ4n) is 9.69. The molecule has 12 nitrogen and oxygen atoms in total. The molecule has 3 heterocycles. The number of rotatable bonds is 13. The first-order valence-corrected chi connectivity index (χ1v) is 23.7. The van der Waals surface area contributed by atoms with Gasteiger partial charge in [0.15, 0.2) is 5.60 Å². The molecular weight excluding hydrogens is 765 g/mol. The van der Waals surface area contributed by atoms with Crippen LogP contribution in [0.2, 0.25) is 18.6 Å². The monoisotopic (exact) mass is 818 g/mol. The molecule has 3 aliphatic heterocycles. The summed E-state index contributed by atoms with van der Waals surface area (Å²) in [7, 11) is -1.04. The average Bonchev–Trinajstić information content (AvgIpc) is 3.65. The number of non-ortho nitro benzene ring substituents is 1. The number of anilines is 2. The van der Waals surface area contributed by atoms with Crippen molar-refractivity contribution in [2.24, 2.45) is 5.92 Å². The largest absolute Gasteiger partial charge is 0.497 e. The second-order valence-corrected chi connectivity index (χ2v) is 21.3. The Bertz CT molecular complexity index is 2170. The SMILES string of the molecule is COc1ccc([Si](C)(C)[C@H]2[C@H](CC(=O)N(CCO)Cc3ccccc3)O[C@@]3(C(=O)N(Cc4ccc(N5CCCCCCC5=O)cc4)c4ccc([N+](=O)[O-])cc43)[C@@H]2C)cc1. The van der Waals surface area contributed by atoms with Crippen molar-refractivity contribution in [3.63, 3.8) is 0 Å². The van der Waals surface area contributed by atoms with E-state index in [2.05, 4.69) is 13.1 Å². The number of carbonyl (C=O) groups excluding carboxylic acids is 3. The van der Waals surface area contributed by atoms with Crippen molar-refractivity contribution in [3.05, 3.63) is 124 Å². The molecule has 13 heteroatoms. The molecule has 4 aromatic carbocycles. The second-order valence-electron chi connectivity index (χ2n) is 16.6. The quantitative estimate of drug-likeness (QED) is 0.0858. The number of hydrogen-bond donors (Lipinski definition) is 1. The van der Waals surface area contributed by atoms with Gasteiger partial charge < -0.3 is 29.3 Å². The van der Waals surface area contributed by atoms with Gasteiger partial charge in [-0.3, -0.25) is 24.5 Å². The number of hydrogen-bond acceptors (Lipinski definition) is 8. The number of carbonyl (C=O) groups is 3. The molecule has 0 unspecified atom stereocenters. The maximum absolute atomic E-state index is 15.4. The summed E-state index contributed by atoms with van der Waals surface area (Å²) in [5.74, 6) is -0.229. The van der Waals surface area contributed by atoms with Crippen molar-refractivity contribution in [3.8, 4) is 5.75 Å². The smallest absolute Gasteiger partial charge is 0.269 e. The highest BCUT2D eigenvalue weighted by Gasteiger charge is 2.66. The van der Waals surface area contributed by atoms with Gasteiger partial charge in [-0.15, -0.1) is 0 Å². The number of nitrogens with zero attached hydrogens (tertiary/aromatic N) is 4. The maximum Gasteiger partial charge on any atom is 0.269 e. The number of nitro benzene ring substituents is 1. The molecule has 0 bridgehead atoms. The number of amides is 3. The van der Waals surface area contributed by atoms with Gasteiger partial charge in [-0.1, -0.05) is 92.6 Å². The van der Waals surface area contributed by atoms with Crippen LogP contribution in [-0.2, 0) is 37.8 Å². The first kappa shape index (κ1) is 41.8. The van der Waals surface area contributed by atoms with Crippen molar-refractivity contribution in [1.29, 1.82) is 0 Å². The Labute approximate surface area is 346 Å². The van der Waals surface area contributed by atoms with E-state index in [1.165, 1.54) is 12.1 Å². The predicted octanol–water partition coefficient (Wildman–Crippen LogP) is 7.07. The molecule has 3 aliphatic rings. The molecule has 59 heavy (non-hydrogen) atoms. The van der Waals surface area contributed by atoms with Gasteiger partial charge in [0.25, 0.3) is 11.6 Å². The van der Waals surface area contributed by atoms with E-state index in [0.717, 1.165) is 47.7 Å². The zero-order valence-electron chi connectivity index (χ0n) is 34.3. The van der Waals surface area contributed by atoms with Crippen molar-refractivity contribution in [2.45, 2.75) is 88.9 Å². The second kappa shape index (κ2) is 17.5. The van der Waals surface area contributed by atoms with Crippen LogP contribution >= 0.6 is 0 Å². The number of nitro groups is 1. The van der Waals surface area contributed by atoms with Gasteiger partial charge in [-0.2, -0.15) is 0 Å². The number of benzene rings is 4. The molecule has 4 atom stereocenters. The van der Waals surface area contributed by atoms with Crippen LogP contribution in [-0.4, -0.2) is 73.6 Å². The lowest BCUT2D eigenvalue weighted by molar-refractivity contribution is -0.385.